The van der Waals surface area contributed by atoms with E-state index >= 15 is 0 Å². The molecule has 0 N–H and O–H groups in total. The molecule has 2 aromatic heterocycles. The Morgan fingerprint density at radius 1 is 1.08 bits per heavy atom. The Hall–Kier alpha value is -3.35. The van der Waals surface area contributed by atoms with Gasteiger partial charge in [0.05, 0.1) is 30.7 Å². The van der Waals surface area contributed by atoms with E-state index in [2.05, 4.69) is 26.5 Å². The summed E-state index contributed by atoms with van der Waals surface area (Å²) in [5.74, 6) is -0.756. The average molecular weight is 338 g/mol. The van der Waals surface area contributed by atoms with Gasteiger partial charge in [-0.2, -0.15) is 20.6 Å². The quantitative estimate of drug-likeness (QED) is 0.675. The summed E-state index contributed by atoms with van der Waals surface area (Å²) < 4.78 is 0. The van der Waals surface area contributed by atoms with E-state index in [1.54, 1.807) is 12.1 Å². The zero-order chi connectivity index (χ0) is 17.4. The lowest BCUT2D eigenvalue weighted by molar-refractivity contribution is -0.158. The number of piperazine rings is 1. The molecule has 2 aromatic rings. The summed E-state index contributed by atoms with van der Waals surface area (Å²) in [6.07, 6.45) is 4.34. The van der Waals surface area contributed by atoms with Gasteiger partial charge in [0.15, 0.2) is 5.82 Å². The molecule has 1 aliphatic carbocycles. The van der Waals surface area contributed by atoms with E-state index < -0.39 is 17.4 Å². The number of amides is 2. The Balaban J connectivity index is 1.44. The SMILES string of the molecule is N#CC1(N2CCN(Cc3ccc(-n4nccn4)nn3)C(=O)C2=O)CC1. The van der Waals surface area contributed by atoms with Crippen LogP contribution < -0.4 is 0 Å². The van der Waals surface area contributed by atoms with Gasteiger partial charge in [-0.15, -0.1) is 9.90 Å². The number of aromatic nitrogens is 5. The molecule has 1 saturated carbocycles. The zero-order valence-corrected chi connectivity index (χ0v) is 13.2. The second-order valence-electron chi connectivity index (χ2n) is 6.03. The first-order valence-corrected chi connectivity index (χ1v) is 7.84. The molecule has 0 atom stereocenters. The number of nitriles is 1. The fraction of sp³-hybridized carbons (Fsp3) is 0.400. The van der Waals surface area contributed by atoms with E-state index in [9.17, 15) is 14.9 Å². The van der Waals surface area contributed by atoms with Gasteiger partial charge in [0.1, 0.15) is 5.54 Å². The van der Waals surface area contributed by atoms with Crippen LogP contribution in [0.2, 0.25) is 0 Å². The van der Waals surface area contributed by atoms with Gasteiger partial charge in [-0.25, -0.2) is 0 Å². The van der Waals surface area contributed by atoms with Gasteiger partial charge in [-0.1, -0.05) is 0 Å². The van der Waals surface area contributed by atoms with Gasteiger partial charge in [-0.3, -0.25) is 9.59 Å². The Morgan fingerprint density at radius 2 is 1.84 bits per heavy atom. The number of carbonyl (C=O) groups is 2. The standard InChI is InChI=1S/C15H14N8O2/c16-10-15(3-4-15)22-8-7-21(13(24)14(22)25)9-11-1-2-12(20-19-11)23-17-5-6-18-23/h1-2,5-6H,3-4,7-9H2. The zero-order valence-electron chi connectivity index (χ0n) is 13.2. The molecule has 0 unspecified atom stereocenters. The number of hydrogen-bond donors (Lipinski definition) is 0. The predicted octanol–water partition coefficient (Wildman–Crippen LogP) is -0.716. The summed E-state index contributed by atoms with van der Waals surface area (Å²) >= 11 is 0. The molecule has 2 aliphatic rings. The number of carbonyl (C=O) groups excluding carboxylic acids is 2. The highest BCUT2D eigenvalue weighted by atomic mass is 16.2. The van der Waals surface area contributed by atoms with Crippen molar-refractivity contribution in [3.05, 3.63) is 30.2 Å². The van der Waals surface area contributed by atoms with Gasteiger partial charge in [0.25, 0.3) is 0 Å². The van der Waals surface area contributed by atoms with Crippen LogP contribution in [-0.4, -0.2) is 65.4 Å². The van der Waals surface area contributed by atoms with Gasteiger partial charge in [-0.05, 0) is 25.0 Å². The van der Waals surface area contributed by atoms with E-state index in [1.807, 2.05) is 0 Å². The lowest BCUT2D eigenvalue weighted by atomic mass is 10.2. The third-order valence-electron chi connectivity index (χ3n) is 4.44. The topological polar surface area (TPSA) is 121 Å². The first-order valence-electron chi connectivity index (χ1n) is 7.84. The monoisotopic (exact) mass is 338 g/mol. The van der Waals surface area contributed by atoms with Crippen molar-refractivity contribution in [2.75, 3.05) is 13.1 Å². The van der Waals surface area contributed by atoms with Crippen LogP contribution in [0.25, 0.3) is 5.82 Å². The highest BCUT2D eigenvalue weighted by Crippen LogP contribution is 2.41. The maximum atomic E-state index is 12.3. The average Bonchev–Trinajstić information content (AvgIpc) is 3.23. The number of rotatable bonds is 4. The lowest BCUT2D eigenvalue weighted by Gasteiger charge is -2.36. The van der Waals surface area contributed by atoms with Crippen LogP contribution in [0.5, 0.6) is 0 Å². The van der Waals surface area contributed by atoms with Crippen molar-refractivity contribution in [1.29, 1.82) is 5.26 Å². The molecule has 25 heavy (non-hydrogen) atoms. The second-order valence-corrected chi connectivity index (χ2v) is 6.03. The van der Waals surface area contributed by atoms with Crippen LogP contribution in [0.1, 0.15) is 18.5 Å². The van der Waals surface area contributed by atoms with Crippen molar-refractivity contribution >= 4 is 11.8 Å². The molecule has 2 fully saturated rings. The predicted molar refractivity (Wildman–Crippen MR) is 81.7 cm³/mol. The molecule has 0 spiro atoms. The minimum atomic E-state index is -0.767. The van der Waals surface area contributed by atoms with Crippen LogP contribution in [0.3, 0.4) is 0 Å². The first-order chi connectivity index (χ1) is 12.1. The summed E-state index contributed by atoms with van der Waals surface area (Å²) in [4.78, 5) is 28.8. The van der Waals surface area contributed by atoms with Crippen molar-refractivity contribution in [2.24, 2.45) is 0 Å². The van der Waals surface area contributed by atoms with Crippen LogP contribution in [-0.2, 0) is 16.1 Å². The summed E-state index contributed by atoms with van der Waals surface area (Å²) in [6, 6.07) is 5.57. The van der Waals surface area contributed by atoms with Gasteiger partial charge in [0, 0.05) is 13.1 Å². The van der Waals surface area contributed by atoms with Crippen molar-refractivity contribution in [1.82, 2.24) is 35.0 Å². The molecule has 4 rings (SSSR count). The third kappa shape index (κ3) is 2.59. The second kappa shape index (κ2) is 5.62. The van der Waals surface area contributed by atoms with Crippen molar-refractivity contribution < 1.29 is 9.59 Å². The van der Waals surface area contributed by atoms with Crippen LogP contribution >= 0.6 is 0 Å². The van der Waals surface area contributed by atoms with Crippen LogP contribution in [0, 0.1) is 11.3 Å². The van der Waals surface area contributed by atoms with E-state index in [-0.39, 0.29) is 6.54 Å². The van der Waals surface area contributed by atoms with E-state index in [0.29, 0.717) is 37.4 Å². The lowest BCUT2D eigenvalue weighted by Crippen LogP contribution is -2.57. The minimum absolute atomic E-state index is 0.192. The number of nitrogens with zero attached hydrogens (tertiary/aromatic N) is 8. The summed E-state index contributed by atoms with van der Waals surface area (Å²) in [6.45, 7) is 0.927. The maximum Gasteiger partial charge on any atom is 0.313 e. The molecule has 3 heterocycles. The van der Waals surface area contributed by atoms with E-state index in [1.165, 1.54) is 27.0 Å². The highest BCUT2D eigenvalue weighted by molar-refractivity contribution is 6.35. The first kappa shape index (κ1) is 15.2. The Bertz CT molecular complexity index is 851. The molecular formula is C15H14N8O2. The largest absolute Gasteiger partial charge is 0.327 e. The highest BCUT2D eigenvalue weighted by Gasteiger charge is 2.54. The molecule has 0 bridgehead atoms. The van der Waals surface area contributed by atoms with E-state index in [0.717, 1.165) is 0 Å². The molecule has 1 saturated heterocycles. The van der Waals surface area contributed by atoms with Crippen molar-refractivity contribution in [3.8, 4) is 11.9 Å². The fourth-order valence-electron chi connectivity index (χ4n) is 2.87. The summed E-state index contributed by atoms with van der Waals surface area (Å²) in [5.41, 5.74) is -0.205. The van der Waals surface area contributed by atoms with Crippen LogP contribution in [0.15, 0.2) is 24.5 Å². The normalized spacial score (nSPS) is 19.0. The van der Waals surface area contributed by atoms with E-state index in [4.69, 9.17) is 0 Å². The molecular weight excluding hydrogens is 324 g/mol. The van der Waals surface area contributed by atoms with Gasteiger partial charge < -0.3 is 9.80 Å². The Kier molecular flexibility index (Phi) is 3.42. The van der Waals surface area contributed by atoms with Gasteiger partial charge in [0.2, 0.25) is 0 Å². The summed E-state index contributed by atoms with van der Waals surface area (Å²) in [7, 11) is 0. The Morgan fingerprint density at radius 3 is 2.44 bits per heavy atom. The maximum absolute atomic E-state index is 12.3. The van der Waals surface area contributed by atoms with Crippen molar-refractivity contribution in [3.63, 3.8) is 0 Å². The van der Waals surface area contributed by atoms with Crippen LogP contribution in [0.4, 0.5) is 0 Å². The van der Waals surface area contributed by atoms with Crippen molar-refractivity contribution in [2.45, 2.75) is 24.9 Å². The molecule has 1 aliphatic heterocycles. The van der Waals surface area contributed by atoms with Gasteiger partial charge >= 0.3 is 11.8 Å². The molecule has 0 radical (unpaired) electrons. The number of hydrogen-bond acceptors (Lipinski definition) is 7. The molecule has 10 nitrogen and oxygen atoms in total. The third-order valence-corrected chi connectivity index (χ3v) is 4.44. The molecule has 2 amide bonds. The minimum Gasteiger partial charge on any atom is -0.327 e. The smallest absolute Gasteiger partial charge is 0.313 e. The molecule has 0 aromatic carbocycles. The molecule has 126 valence electrons. The fourth-order valence-corrected chi connectivity index (χ4v) is 2.87. The Labute approximate surface area is 142 Å². The molecule has 10 heteroatoms. The summed E-state index contributed by atoms with van der Waals surface area (Å²) in [5, 5.41) is 25.2.